The fourth-order valence-electron chi connectivity index (χ4n) is 1.95. The number of carbonyl (C=O) groups is 1. The minimum Gasteiger partial charge on any atom is -0.460 e. The number of carbonyl (C=O) groups excluding carboxylic acids is 1. The molecule has 5 heteroatoms. The van der Waals surface area contributed by atoms with Gasteiger partial charge in [0.25, 0.3) is 0 Å². The smallest absolute Gasteiger partial charge is 0.308 e. The van der Waals surface area contributed by atoms with Gasteiger partial charge in [0.1, 0.15) is 11.4 Å². The van der Waals surface area contributed by atoms with Crippen molar-refractivity contribution < 1.29 is 9.53 Å². The lowest BCUT2D eigenvalue weighted by Gasteiger charge is -2.20. The molecule has 0 aliphatic heterocycles. The Bertz CT molecular complexity index is 599. The molecule has 1 atom stereocenters. The third kappa shape index (κ3) is 4.43. The lowest BCUT2D eigenvalue weighted by atomic mass is 10.1. The Hall–Kier alpha value is -2.14. The van der Waals surface area contributed by atoms with Gasteiger partial charge in [-0.25, -0.2) is 4.98 Å². The summed E-state index contributed by atoms with van der Waals surface area (Å²) in [5, 5.41) is 0. The molecule has 1 aromatic carbocycles. The van der Waals surface area contributed by atoms with Crippen LogP contribution in [0.3, 0.4) is 0 Å². The molecule has 0 aliphatic rings. The molecule has 5 nitrogen and oxygen atoms in total. The Balaban J connectivity index is 2.03. The number of nitrogens with two attached hydrogens (primary N) is 1. The standard InChI is InChI=1S/C16H21N3O2/c1-16(2,3)21-14(20)9-12(17)15-18-10-13(19-15)11-7-5-4-6-8-11/h4-8,10,12H,9,17H2,1-3H3,(H,18,19)/t12-/m0/s1. The Kier molecular flexibility index (Phi) is 4.43. The molecule has 0 unspecified atom stereocenters. The molecule has 1 heterocycles. The zero-order chi connectivity index (χ0) is 15.5. The Morgan fingerprint density at radius 3 is 2.62 bits per heavy atom. The number of aromatic nitrogens is 2. The molecule has 0 bridgehead atoms. The third-order valence-corrected chi connectivity index (χ3v) is 2.84. The van der Waals surface area contributed by atoms with Crippen LogP contribution in [0, 0.1) is 0 Å². The summed E-state index contributed by atoms with van der Waals surface area (Å²) in [7, 11) is 0. The third-order valence-electron chi connectivity index (χ3n) is 2.84. The number of imidazole rings is 1. The zero-order valence-electron chi connectivity index (χ0n) is 12.6. The van der Waals surface area contributed by atoms with Crippen LogP contribution in [0.1, 0.15) is 39.1 Å². The maximum Gasteiger partial charge on any atom is 0.308 e. The number of nitrogens with zero attached hydrogens (tertiary/aromatic N) is 1. The first-order valence-electron chi connectivity index (χ1n) is 6.93. The Morgan fingerprint density at radius 1 is 1.33 bits per heavy atom. The normalized spacial score (nSPS) is 13.0. The molecule has 1 aromatic heterocycles. The highest BCUT2D eigenvalue weighted by molar-refractivity contribution is 5.70. The number of ether oxygens (including phenoxy) is 1. The van der Waals surface area contributed by atoms with Gasteiger partial charge >= 0.3 is 5.97 Å². The van der Waals surface area contributed by atoms with E-state index in [1.54, 1.807) is 6.20 Å². The van der Waals surface area contributed by atoms with Gasteiger partial charge in [0.2, 0.25) is 0 Å². The largest absolute Gasteiger partial charge is 0.460 e. The lowest BCUT2D eigenvalue weighted by Crippen LogP contribution is -2.27. The summed E-state index contributed by atoms with van der Waals surface area (Å²) in [5.41, 5.74) is 7.42. The average Bonchev–Trinajstić information content (AvgIpc) is 2.87. The minimum atomic E-state index is -0.505. The number of hydrogen-bond donors (Lipinski definition) is 2. The van der Waals surface area contributed by atoms with E-state index in [1.807, 2.05) is 51.1 Å². The van der Waals surface area contributed by atoms with Crippen molar-refractivity contribution in [3.8, 4) is 11.3 Å². The molecular formula is C16H21N3O2. The molecule has 2 aromatic rings. The quantitative estimate of drug-likeness (QED) is 0.847. The van der Waals surface area contributed by atoms with E-state index in [4.69, 9.17) is 10.5 Å². The molecular weight excluding hydrogens is 266 g/mol. The van der Waals surface area contributed by atoms with E-state index in [0.717, 1.165) is 11.3 Å². The highest BCUT2D eigenvalue weighted by atomic mass is 16.6. The van der Waals surface area contributed by atoms with Gasteiger partial charge in [-0.1, -0.05) is 30.3 Å². The van der Waals surface area contributed by atoms with Crippen molar-refractivity contribution in [3.63, 3.8) is 0 Å². The number of rotatable bonds is 4. The number of H-pyrrole nitrogens is 1. The van der Waals surface area contributed by atoms with Crippen LogP contribution in [0.2, 0.25) is 0 Å². The lowest BCUT2D eigenvalue weighted by molar-refractivity contribution is -0.155. The number of nitrogens with one attached hydrogen (secondary N) is 1. The fraction of sp³-hybridized carbons (Fsp3) is 0.375. The molecule has 0 aliphatic carbocycles. The SMILES string of the molecule is CC(C)(C)OC(=O)C[C@H](N)c1ncc(-c2ccccc2)[nH]1. The van der Waals surface area contributed by atoms with Crippen molar-refractivity contribution in [2.75, 3.05) is 0 Å². The summed E-state index contributed by atoms with van der Waals surface area (Å²) < 4.78 is 5.26. The number of esters is 1. The molecule has 0 amide bonds. The van der Waals surface area contributed by atoms with Gasteiger partial charge in [0, 0.05) is 0 Å². The highest BCUT2D eigenvalue weighted by Crippen LogP contribution is 2.20. The van der Waals surface area contributed by atoms with Gasteiger partial charge < -0.3 is 15.5 Å². The summed E-state index contributed by atoms with van der Waals surface area (Å²) in [5.74, 6) is 0.257. The summed E-state index contributed by atoms with van der Waals surface area (Å²) in [6.07, 6.45) is 1.82. The van der Waals surface area contributed by atoms with E-state index in [-0.39, 0.29) is 12.4 Å². The van der Waals surface area contributed by atoms with E-state index in [0.29, 0.717) is 5.82 Å². The zero-order valence-corrected chi connectivity index (χ0v) is 12.6. The van der Waals surface area contributed by atoms with Crippen LogP contribution in [-0.2, 0) is 9.53 Å². The van der Waals surface area contributed by atoms with E-state index in [9.17, 15) is 4.79 Å². The van der Waals surface area contributed by atoms with Gasteiger partial charge in [-0.3, -0.25) is 4.79 Å². The van der Waals surface area contributed by atoms with Crippen molar-refractivity contribution >= 4 is 5.97 Å². The summed E-state index contributed by atoms with van der Waals surface area (Å²) in [4.78, 5) is 19.2. The van der Waals surface area contributed by atoms with Gasteiger partial charge in [-0.15, -0.1) is 0 Å². The first-order chi connectivity index (χ1) is 9.85. The second-order valence-corrected chi connectivity index (χ2v) is 5.95. The molecule has 21 heavy (non-hydrogen) atoms. The highest BCUT2D eigenvalue weighted by Gasteiger charge is 2.21. The van der Waals surface area contributed by atoms with Crippen LogP contribution >= 0.6 is 0 Å². The van der Waals surface area contributed by atoms with Crippen molar-refractivity contribution in [2.45, 2.75) is 38.8 Å². The summed E-state index contributed by atoms with van der Waals surface area (Å²) >= 11 is 0. The molecule has 2 rings (SSSR count). The number of benzene rings is 1. The van der Waals surface area contributed by atoms with Crippen LogP contribution in [0.15, 0.2) is 36.5 Å². The van der Waals surface area contributed by atoms with E-state index < -0.39 is 11.6 Å². The monoisotopic (exact) mass is 287 g/mol. The average molecular weight is 287 g/mol. The number of aromatic amines is 1. The van der Waals surface area contributed by atoms with E-state index in [2.05, 4.69) is 9.97 Å². The van der Waals surface area contributed by atoms with Crippen molar-refractivity contribution in [2.24, 2.45) is 5.73 Å². The summed E-state index contributed by atoms with van der Waals surface area (Å²) in [6, 6.07) is 9.33. The van der Waals surface area contributed by atoms with E-state index in [1.165, 1.54) is 0 Å². The van der Waals surface area contributed by atoms with Gasteiger partial charge in [0.05, 0.1) is 24.4 Å². The second kappa shape index (κ2) is 6.10. The topological polar surface area (TPSA) is 81.0 Å². The predicted molar refractivity (Wildman–Crippen MR) is 81.4 cm³/mol. The van der Waals surface area contributed by atoms with Crippen LogP contribution < -0.4 is 5.73 Å². The molecule has 0 spiro atoms. The molecule has 112 valence electrons. The van der Waals surface area contributed by atoms with Crippen LogP contribution in [0.25, 0.3) is 11.3 Å². The maximum atomic E-state index is 11.8. The summed E-state index contributed by atoms with van der Waals surface area (Å²) in [6.45, 7) is 5.49. The fourth-order valence-corrected chi connectivity index (χ4v) is 1.95. The van der Waals surface area contributed by atoms with Gasteiger partial charge in [-0.05, 0) is 26.3 Å². The van der Waals surface area contributed by atoms with E-state index >= 15 is 0 Å². The molecule has 0 saturated heterocycles. The predicted octanol–water partition coefficient (Wildman–Crippen LogP) is 2.81. The number of hydrogen-bond acceptors (Lipinski definition) is 4. The Labute approximate surface area is 124 Å². The van der Waals surface area contributed by atoms with Crippen LogP contribution in [-0.4, -0.2) is 21.5 Å². The first-order valence-corrected chi connectivity index (χ1v) is 6.93. The van der Waals surface area contributed by atoms with Crippen molar-refractivity contribution in [1.82, 2.24) is 9.97 Å². The molecule has 0 fully saturated rings. The van der Waals surface area contributed by atoms with Crippen LogP contribution in [0.4, 0.5) is 0 Å². The van der Waals surface area contributed by atoms with Crippen LogP contribution in [0.5, 0.6) is 0 Å². The molecule has 3 N–H and O–H groups in total. The van der Waals surface area contributed by atoms with Gasteiger partial charge in [-0.2, -0.15) is 0 Å². The first kappa shape index (κ1) is 15.3. The molecule has 0 saturated carbocycles. The van der Waals surface area contributed by atoms with Gasteiger partial charge in [0.15, 0.2) is 0 Å². The van der Waals surface area contributed by atoms with Crippen molar-refractivity contribution in [1.29, 1.82) is 0 Å². The minimum absolute atomic E-state index is 0.0962. The second-order valence-electron chi connectivity index (χ2n) is 5.95. The maximum absolute atomic E-state index is 11.8. The molecule has 0 radical (unpaired) electrons. The Morgan fingerprint density at radius 2 is 2.00 bits per heavy atom. The van der Waals surface area contributed by atoms with Crippen molar-refractivity contribution in [3.05, 3.63) is 42.4 Å².